The summed E-state index contributed by atoms with van der Waals surface area (Å²) in [6, 6.07) is 10.3. The van der Waals surface area contributed by atoms with Crippen molar-refractivity contribution in [1.29, 1.82) is 0 Å². The fraction of sp³-hybridized carbons (Fsp3) is 0.158. The third kappa shape index (κ3) is 4.25. The number of ether oxygens (including phenoxy) is 2. The summed E-state index contributed by atoms with van der Waals surface area (Å²) in [5.74, 6) is 0.851. The van der Waals surface area contributed by atoms with Crippen LogP contribution in [-0.4, -0.2) is 24.9 Å². The Morgan fingerprint density at radius 2 is 2.04 bits per heavy atom. The summed E-state index contributed by atoms with van der Waals surface area (Å²) in [5.41, 5.74) is 1.20. The molecule has 0 aromatic heterocycles. The molecule has 1 saturated heterocycles. The highest BCUT2D eigenvalue weighted by atomic mass is 127. The van der Waals surface area contributed by atoms with Gasteiger partial charge in [0, 0.05) is 5.02 Å². The van der Waals surface area contributed by atoms with Crippen LogP contribution in [0.25, 0.3) is 6.08 Å². The molecule has 2 aromatic rings. The van der Waals surface area contributed by atoms with Gasteiger partial charge >= 0.3 is 0 Å². The Morgan fingerprint density at radius 3 is 2.70 bits per heavy atom. The van der Waals surface area contributed by atoms with E-state index >= 15 is 0 Å². The average molecular weight is 516 g/mol. The number of nitrogens with zero attached hydrogens (tertiary/aromatic N) is 1. The van der Waals surface area contributed by atoms with Crippen LogP contribution in [0, 0.1) is 3.57 Å². The number of hydrogen-bond donors (Lipinski definition) is 0. The van der Waals surface area contributed by atoms with Gasteiger partial charge in [-0.15, -0.1) is 0 Å². The lowest BCUT2D eigenvalue weighted by Gasteiger charge is -2.13. The molecular weight excluding hydrogens is 501 g/mol. The monoisotopic (exact) mass is 515 g/mol. The van der Waals surface area contributed by atoms with E-state index in [9.17, 15) is 9.59 Å². The van der Waals surface area contributed by atoms with Gasteiger partial charge in [0.15, 0.2) is 11.5 Å². The van der Waals surface area contributed by atoms with Crippen LogP contribution in [0.2, 0.25) is 5.02 Å². The van der Waals surface area contributed by atoms with Crippen LogP contribution in [0.15, 0.2) is 41.3 Å². The number of halogens is 2. The first-order valence-electron chi connectivity index (χ1n) is 7.98. The van der Waals surface area contributed by atoms with Gasteiger partial charge in [-0.3, -0.25) is 9.59 Å². The van der Waals surface area contributed by atoms with E-state index in [1.807, 2.05) is 13.0 Å². The summed E-state index contributed by atoms with van der Waals surface area (Å²) in [4.78, 5) is 26.6. The molecule has 1 heterocycles. The number of hydrogen-bond acceptors (Lipinski definition) is 5. The lowest BCUT2D eigenvalue weighted by molar-refractivity contribution is -0.113. The summed E-state index contributed by atoms with van der Waals surface area (Å²) < 4.78 is 11.9. The van der Waals surface area contributed by atoms with Crippen molar-refractivity contribution in [2.24, 2.45) is 0 Å². The molecule has 0 bridgehead atoms. The standard InChI is InChI=1S/C19H15ClINO4S/c1-3-26-17-14(21)7-11(8-15(17)25-2)9-16-18(23)22(19(24)27-16)13-6-4-5-12(20)10-13/h4-10H,3H2,1-2H3/b16-9-. The summed E-state index contributed by atoms with van der Waals surface area (Å²) in [5, 5.41) is 0.0995. The Labute approximate surface area is 179 Å². The van der Waals surface area contributed by atoms with Crippen LogP contribution in [0.5, 0.6) is 11.5 Å². The molecule has 1 aliphatic rings. The van der Waals surface area contributed by atoms with Crippen molar-refractivity contribution < 1.29 is 19.1 Å². The van der Waals surface area contributed by atoms with Gasteiger partial charge in [-0.1, -0.05) is 17.7 Å². The van der Waals surface area contributed by atoms with E-state index in [4.69, 9.17) is 21.1 Å². The topological polar surface area (TPSA) is 55.8 Å². The molecule has 0 radical (unpaired) electrons. The van der Waals surface area contributed by atoms with Crippen molar-refractivity contribution >= 4 is 68.9 Å². The zero-order valence-corrected chi connectivity index (χ0v) is 18.2. The van der Waals surface area contributed by atoms with Crippen LogP contribution in [-0.2, 0) is 4.79 Å². The number of imide groups is 1. The highest BCUT2D eigenvalue weighted by Gasteiger charge is 2.36. The van der Waals surface area contributed by atoms with Crippen molar-refractivity contribution in [1.82, 2.24) is 0 Å². The van der Waals surface area contributed by atoms with E-state index in [1.165, 1.54) is 0 Å². The van der Waals surface area contributed by atoms with Crippen LogP contribution in [0.1, 0.15) is 12.5 Å². The van der Waals surface area contributed by atoms with Crippen molar-refractivity contribution in [3.05, 3.63) is 55.5 Å². The van der Waals surface area contributed by atoms with Crippen molar-refractivity contribution in [2.75, 3.05) is 18.6 Å². The lowest BCUT2D eigenvalue weighted by Crippen LogP contribution is -2.27. The molecule has 0 aliphatic carbocycles. The molecule has 5 nitrogen and oxygen atoms in total. The SMILES string of the molecule is CCOc1c(I)cc(/C=C2\SC(=O)N(c3cccc(Cl)c3)C2=O)cc1OC. The maximum Gasteiger partial charge on any atom is 0.298 e. The Morgan fingerprint density at radius 1 is 1.26 bits per heavy atom. The summed E-state index contributed by atoms with van der Waals surface area (Å²) in [7, 11) is 1.56. The van der Waals surface area contributed by atoms with E-state index in [-0.39, 0.29) is 11.1 Å². The predicted molar refractivity (Wildman–Crippen MR) is 117 cm³/mol. The molecule has 2 aromatic carbocycles. The van der Waals surface area contributed by atoms with Gasteiger partial charge in [-0.05, 0) is 83.2 Å². The van der Waals surface area contributed by atoms with Crippen molar-refractivity contribution in [3.63, 3.8) is 0 Å². The Kier molecular flexibility index (Phi) is 6.33. The number of amides is 2. The molecule has 27 heavy (non-hydrogen) atoms. The van der Waals surface area contributed by atoms with Gasteiger partial charge in [0.2, 0.25) is 0 Å². The molecule has 1 fully saturated rings. The number of methoxy groups -OCH3 is 1. The molecule has 3 rings (SSSR count). The first-order chi connectivity index (χ1) is 12.9. The van der Waals surface area contributed by atoms with Gasteiger partial charge < -0.3 is 9.47 Å². The number of carbonyl (C=O) groups excluding carboxylic acids is 2. The molecular formula is C19H15ClINO4S. The van der Waals surface area contributed by atoms with Crippen LogP contribution in [0.3, 0.4) is 0 Å². The van der Waals surface area contributed by atoms with E-state index < -0.39 is 0 Å². The fourth-order valence-corrected chi connectivity index (χ4v) is 4.37. The number of rotatable bonds is 5. The normalized spacial score (nSPS) is 15.6. The number of carbonyl (C=O) groups is 2. The second kappa shape index (κ2) is 8.53. The minimum Gasteiger partial charge on any atom is -0.493 e. The summed E-state index contributed by atoms with van der Waals surface area (Å²) >= 11 is 9.02. The average Bonchev–Trinajstić information content (AvgIpc) is 2.90. The van der Waals surface area contributed by atoms with E-state index in [0.717, 1.165) is 25.8 Å². The summed E-state index contributed by atoms with van der Waals surface area (Å²) in [6.45, 7) is 2.42. The maximum atomic E-state index is 12.8. The molecule has 2 amide bonds. The highest BCUT2D eigenvalue weighted by molar-refractivity contribution is 14.1. The van der Waals surface area contributed by atoms with Crippen LogP contribution < -0.4 is 14.4 Å². The van der Waals surface area contributed by atoms with Gasteiger partial charge in [-0.2, -0.15) is 0 Å². The predicted octanol–water partition coefficient (Wildman–Crippen LogP) is 5.59. The highest BCUT2D eigenvalue weighted by Crippen LogP contribution is 2.39. The number of anilines is 1. The smallest absolute Gasteiger partial charge is 0.298 e. The number of benzene rings is 2. The lowest BCUT2D eigenvalue weighted by atomic mass is 10.1. The maximum absolute atomic E-state index is 12.8. The van der Waals surface area contributed by atoms with Crippen LogP contribution >= 0.6 is 46.0 Å². The van der Waals surface area contributed by atoms with E-state index in [1.54, 1.807) is 43.5 Å². The fourth-order valence-electron chi connectivity index (χ4n) is 2.56. The van der Waals surface area contributed by atoms with Gasteiger partial charge in [0.1, 0.15) is 0 Å². The second-order valence-electron chi connectivity index (χ2n) is 5.46. The second-order valence-corrected chi connectivity index (χ2v) is 8.06. The van der Waals surface area contributed by atoms with Gasteiger partial charge in [0.25, 0.3) is 11.1 Å². The molecule has 0 saturated carbocycles. The largest absolute Gasteiger partial charge is 0.493 e. The minimum atomic E-state index is -0.380. The molecule has 8 heteroatoms. The van der Waals surface area contributed by atoms with Crippen LogP contribution in [0.4, 0.5) is 10.5 Å². The molecule has 0 spiro atoms. The summed E-state index contributed by atoms with van der Waals surface area (Å²) in [6.07, 6.45) is 1.68. The number of thioether (sulfide) groups is 1. The third-order valence-electron chi connectivity index (χ3n) is 3.70. The zero-order chi connectivity index (χ0) is 19.6. The quantitative estimate of drug-likeness (QED) is 0.384. The van der Waals surface area contributed by atoms with Crippen molar-refractivity contribution in [3.8, 4) is 11.5 Å². The Bertz CT molecular complexity index is 947. The molecule has 0 N–H and O–H groups in total. The minimum absolute atomic E-state index is 0.335. The first-order valence-corrected chi connectivity index (χ1v) is 10.3. The van der Waals surface area contributed by atoms with Crippen molar-refractivity contribution in [2.45, 2.75) is 6.92 Å². The molecule has 1 aliphatic heterocycles. The van der Waals surface area contributed by atoms with Gasteiger partial charge in [0.05, 0.1) is 27.9 Å². The Balaban J connectivity index is 1.95. The first kappa shape index (κ1) is 20.0. The van der Waals surface area contributed by atoms with E-state index in [2.05, 4.69) is 22.6 Å². The molecule has 0 atom stereocenters. The van der Waals surface area contributed by atoms with Gasteiger partial charge in [-0.25, -0.2) is 4.90 Å². The zero-order valence-electron chi connectivity index (χ0n) is 14.5. The Hall–Kier alpha value is -1.71. The molecule has 140 valence electrons. The third-order valence-corrected chi connectivity index (χ3v) is 5.60. The van der Waals surface area contributed by atoms with E-state index in [0.29, 0.717) is 33.7 Å². The molecule has 0 unspecified atom stereocenters.